The van der Waals surface area contributed by atoms with E-state index in [0.717, 1.165) is 26.1 Å². The van der Waals surface area contributed by atoms with Crippen molar-refractivity contribution in [2.45, 2.75) is 51.6 Å². The van der Waals surface area contributed by atoms with E-state index >= 15 is 0 Å². The molecule has 3 heteroatoms. The fourth-order valence-electron chi connectivity index (χ4n) is 3.98. The monoisotopic (exact) mass is 312 g/mol. The molecule has 2 unspecified atom stereocenters. The van der Waals surface area contributed by atoms with Gasteiger partial charge in [0.1, 0.15) is 0 Å². The Kier molecular flexibility index (Phi) is 5.16. The molecular formula is C20H28N2O. The maximum absolute atomic E-state index is 12.0. The molecule has 0 aliphatic carbocycles. The highest BCUT2D eigenvalue weighted by Gasteiger charge is 2.37. The molecule has 1 aromatic rings. The molecule has 0 N–H and O–H groups in total. The number of hydrogen-bond donors (Lipinski definition) is 0. The fraction of sp³-hybridized carbons (Fsp3) is 0.550. The van der Waals surface area contributed by atoms with Gasteiger partial charge >= 0.3 is 0 Å². The summed E-state index contributed by atoms with van der Waals surface area (Å²) in [6.07, 6.45) is 6.64. The van der Waals surface area contributed by atoms with Crippen molar-refractivity contribution in [1.82, 2.24) is 9.80 Å². The Balaban J connectivity index is 1.67. The van der Waals surface area contributed by atoms with Crippen LogP contribution in [0, 0.1) is 0 Å². The van der Waals surface area contributed by atoms with Crippen LogP contribution in [0.3, 0.4) is 0 Å². The van der Waals surface area contributed by atoms with Crippen LogP contribution >= 0.6 is 0 Å². The number of carbonyl (C=O) groups excluding carboxylic acids is 1. The van der Waals surface area contributed by atoms with Crippen molar-refractivity contribution in [3.63, 3.8) is 0 Å². The third-order valence-corrected chi connectivity index (χ3v) is 5.43. The average molecular weight is 312 g/mol. The summed E-state index contributed by atoms with van der Waals surface area (Å²) < 4.78 is 0. The second-order valence-electron chi connectivity index (χ2n) is 6.82. The number of nitrogens with zero attached hydrogens (tertiary/aromatic N) is 2. The SMILES string of the molecule is CCC(=O)N1CCC2CCC(C1)N2CC=C(C)c1ccccc1. The van der Waals surface area contributed by atoms with Gasteiger partial charge in [-0.3, -0.25) is 9.69 Å². The maximum Gasteiger partial charge on any atom is 0.222 e. The van der Waals surface area contributed by atoms with Gasteiger partial charge in [-0.15, -0.1) is 0 Å². The van der Waals surface area contributed by atoms with E-state index in [-0.39, 0.29) is 0 Å². The van der Waals surface area contributed by atoms with E-state index in [2.05, 4.69) is 53.1 Å². The molecule has 0 spiro atoms. The summed E-state index contributed by atoms with van der Waals surface area (Å²) in [5.41, 5.74) is 2.65. The van der Waals surface area contributed by atoms with E-state index in [1.54, 1.807) is 0 Å². The lowest BCUT2D eigenvalue weighted by Gasteiger charge is -2.28. The third-order valence-electron chi connectivity index (χ3n) is 5.43. The van der Waals surface area contributed by atoms with E-state index in [9.17, 15) is 4.79 Å². The van der Waals surface area contributed by atoms with Crippen molar-refractivity contribution in [3.05, 3.63) is 42.0 Å². The minimum Gasteiger partial charge on any atom is -0.341 e. The van der Waals surface area contributed by atoms with Crippen molar-refractivity contribution in [2.75, 3.05) is 19.6 Å². The zero-order valence-electron chi connectivity index (χ0n) is 14.4. The van der Waals surface area contributed by atoms with Crippen LogP contribution in [-0.2, 0) is 4.79 Å². The molecule has 2 fully saturated rings. The van der Waals surface area contributed by atoms with Crippen LogP contribution in [0.4, 0.5) is 0 Å². The van der Waals surface area contributed by atoms with E-state index in [1.807, 2.05) is 6.92 Å². The van der Waals surface area contributed by atoms with Crippen molar-refractivity contribution in [3.8, 4) is 0 Å². The van der Waals surface area contributed by atoms with Crippen LogP contribution in [0.2, 0.25) is 0 Å². The first kappa shape index (κ1) is 16.3. The molecular weight excluding hydrogens is 284 g/mol. The molecule has 0 radical (unpaired) electrons. The smallest absolute Gasteiger partial charge is 0.222 e. The van der Waals surface area contributed by atoms with Gasteiger partial charge in [0.05, 0.1) is 0 Å². The zero-order valence-corrected chi connectivity index (χ0v) is 14.4. The first-order valence-corrected chi connectivity index (χ1v) is 8.94. The molecule has 23 heavy (non-hydrogen) atoms. The van der Waals surface area contributed by atoms with Crippen molar-refractivity contribution in [1.29, 1.82) is 0 Å². The van der Waals surface area contributed by atoms with Gasteiger partial charge in [-0.25, -0.2) is 0 Å². The second-order valence-corrected chi connectivity index (χ2v) is 6.82. The lowest BCUT2D eigenvalue weighted by atomic mass is 10.1. The predicted molar refractivity (Wildman–Crippen MR) is 95.1 cm³/mol. The standard InChI is InChI=1S/C20H28N2O/c1-3-20(23)21-13-12-18-9-10-19(15-21)22(18)14-11-16(2)17-7-5-4-6-8-17/h4-8,11,18-19H,3,9-10,12-15H2,1-2H3. The molecule has 1 aromatic carbocycles. The zero-order chi connectivity index (χ0) is 16.2. The molecule has 2 saturated heterocycles. The van der Waals surface area contributed by atoms with E-state index in [1.165, 1.54) is 24.0 Å². The Bertz CT molecular complexity index is 566. The number of allylic oxidation sites excluding steroid dienone is 1. The molecule has 2 aliphatic rings. The molecule has 2 heterocycles. The van der Waals surface area contributed by atoms with Gasteiger partial charge in [0, 0.05) is 38.1 Å². The number of hydrogen-bond acceptors (Lipinski definition) is 2. The van der Waals surface area contributed by atoms with Gasteiger partial charge in [0.2, 0.25) is 5.91 Å². The largest absolute Gasteiger partial charge is 0.341 e. The minimum absolute atomic E-state index is 0.313. The summed E-state index contributed by atoms with van der Waals surface area (Å²) in [7, 11) is 0. The van der Waals surface area contributed by atoms with Gasteiger partial charge in [0.25, 0.3) is 0 Å². The average Bonchev–Trinajstić information content (AvgIpc) is 2.86. The number of carbonyl (C=O) groups is 1. The lowest BCUT2D eigenvalue weighted by molar-refractivity contribution is -0.131. The first-order valence-electron chi connectivity index (χ1n) is 8.94. The molecule has 3 rings (SSSR count). The predicted octanol–water partition coefficient (Wildman–Crippen LogP) is 3.57. The molecule has 0 saturated carbocycles. The Morgan fingerprint density at radius 1 is 1.17 bits per heavy atom. The van der Waals surface area contributed by atoms with Crippen LogP contribution in [0.5, 0.6) is 0 Å². The molecule has 2 aliphatic heterocycles. The summed E-state index contributed by atoms with van der Waals surface area (Å²) in [5, 5.41) is 0. The Morgan fingerprint density at radius 2 is 1.91 bits per heavy atom. The number of amides is 1. The van der Waals surface area contributed by atoms with E-state index in [4.69, 9.17) is 0 Å². The molecule has 2 bridgehead atoms. The molecule has 124 valence electrons. The maximum atomic E-state index is 12.0. The van der Waals surface area contributed by atoms with Crippen LogP contribution in [-0.4, -0.2) is 47.4 Å². The van der Waals surface area contributed by atoms with Gasteiger partial charge < -0.3 is 4.90 Å². The van der Waals surface area contributed by atoms with Gasteiger partial charge in [0.15, 0.2) is 0 Å². The first-order chi connectivity index (χ1) is 11.2. The summed E-state index contributed by atoms with van der Waals surface area (Å²) in [4.78, 5) is 16.8. The quantitative estimate of drug-likeness (QED) is 0.848. The lowest BCUT2D eigenvalue weighted by Crippen LogP contribution is -2.41. The Morgan fingerprint density at radius 3 is 2.65 bits per heavy atom. The number of rotatable bonds is 4. The topological polar surface area (TPSA) is 23.6 Å². The highest BCUT2D eigenvalue weighted by atomic mass is 16.2. The van der Waals surface area contributed by atoms with Crippen molar-refractivity contribution >= 4 is 11.5 Å². The van der Waals surface area contributed by atoms with Crippen LogP contribution in [0.15, 0.2) is 36.4 Å². The van der Waals surface area contributed by atoms with Crippen LogP contribution in [0.1, 0.15) is 45.1 Å². The number of fused-ring (bicyclic) bond motifs is 2. The third kappa shape index (κ3) is 3.66. The fourth-order valence-corrected chi connectivity index (χ4v) is 3.98. The number of benzene rings is 1. The van der Waals surface area contributed by atoms with Crippen molar-refractivity contribution < 1.29 is 4.79 Å². The Hall–Kier alpha value is -1.61. The summed E-state index contributed by atoms with van der Waals surface area (Å²) in [6.45, 7) is 7.02. The normalized spacial score (nSPS) is 25.5. The van der Waals surface area contributed by atoms with Gasteiger partial charge in [-0.2, -0.15) is 0 Å². The minimum atomic E-state index is 0.313. The van der Waals surface area contributed by atoms with E-state index < -0.39 is 0 Å². The number of likely N-dealkylation sites (tertiary alicyclic amines) is 1. The summed E-state index contributed by atoms with van der Waals surface area (Å²) in [6, 6.07) is 11.8. The highest BCUT2D eigenvalue weighted by Crippen LogP contribution is 2.30. The van der Waals surface area contributed by atoms with Gasteiger partial charge in [-0.05, 0) is 37.3 Å². The summed E-state index contributed by atoms with van der Waals surface area (Å²) in [5.74, 6) is 0.313. The molecule has 3 nitrogen and oxygen atoms in total. The highest BCUT2D eigenvalue weighted by molar-refractivity contribution is 5.75. The molecule has 1 amide bonds. The Labute approximate surface area is 140 Å². The summed E-state index contributed by atoms with van der Waals surface area (Å²) >= 11 is 0. The van der Waals surface area contributed by atoms with Crippen molar-refractivity contribution in [2.24, 2.45) is 0 Å². The second kappa shape index (κ2) is 7.31. The van der Waals surface area contributed by atoms with E-state index in [0.29, 0.717) is 24.4 Å². The molecule has 2 atom stereocenters. The van der Waals surface area contributed by atoms with Crippen LogP contribution in [0.25, 0.3) is 5.57 Å². The van der Waals surface area contributed by atoms with Gasteiger partial charge in [-0.1, -0.05) is 43.3 Å². The molecule has 0 aromatic heterocycles. The van der Waals surface area contributed by atoms with Crippen LogP contribution < -0.4 is 0 Å².